The van der Waals surface area contributed by atoms with Crippen molar-refractivity contribution in [1.29, 1.82) is 0 Å². The molecule has 1 aromatic heterocycles. The third kappa shape index (κ3) is 5.63. The number of anilines is 1. The molecule has 2 atom stereocenters. The fourth-order valence-electron chi connectivity index (χ4n) is 7.43. The van der Waals surface area contributed by atoms with Gasteiger partial charge in [-0.3, -0.25) is 14.4 Å². The van der Waals surface area contributed by atoms with Gasteiger partial charge >= 0.3 is 0 Å². The first-order valence-corrected chi connectivity index (χ1v) is 17.1. The van der Waals surface area contributed by atoms with Gasteiger partial charge in [0.2, 0.25) is 15.9 Å². The van der Waals surface area contributed by atoms with Crippen LogP contribution in [-0.4, -0.2) is 72.5 Å². The maximum absolute atomic E-state index is 13.7. The minimum absolute atomic E-state index is 0.0164. The van der Waals surface area contributed by atoms with Gasteiger partial charge in [0.25, 0.3) is 11.8 Å². The third-order valence-corrected chi connectivity index (χ3v) is 12.1. The van der Waals surface area contributed by atoms with Gasteiger partial charge in [0.1, 0.15) is 5.00 Å². The Hall–Kier alpha value is -2.76. The number of benzene rings is 1. The van der Waals surface area contributed by atoms with E-state index >= 15 is 0 Å². The summed E-state index contributed by atoms with van der Waals surface area (Å²) in [7, 11) is -3.71. The minimum Gasteiger partial charge on any atom is -0.339 e. The van der Waals surface area contributed by atoms with E-state index in [1.165, 1.54) is 42.5 Å². The molecule has 11 heteroatoms. The summed E-state index contributed by atoms with van der Waals surface area (Å²) in [6, 6.07) is 6.07. The Kier molecular flexibility index (Phi) is 8.08. The molecule has 1 saturated heterocycles. The van der Waals surface area contributed by atoms with Crippen LogP contribution in [0.5, 0.6) is 0 Å². The fraction of sp³-hybridized carbons (Fsp3) is 0.581. The van der Waals surface area contributed by atoms with Gasteiger partial charge in [-0.1, -0.05) is 20.8 Å². The number of rotatable bonds is 7. The number of hydrogen-bond donors (Lipinski definition) is 1. The molecule has 3 heterocycles. The van der Waals surface area contributed by atoms with Crippen LogP contribution >= 0.6 is 11.3 Å². The number of carbonyl (C=O) groups excluding carboxylic acids is 3. The Labute approximate surface area is 253 Å². The number of nitrogens with one attached hydrogen (secondary N) is 1. The van der Waals surface area contributed by atoms with Crippen LogP contribution in [0.4, 0.5) is 5.00 Å². The summed E-state index contributed by atoms with van der Waals surface area (Å²) < 4.78 is 29.0. The highest BCUT2D eigenvalue weighted by molar-refractivity contribution is 7.89. The van der Waals surface area contributed by atoms with Crippen molar-refractivity contribution in [3.8, 4) is 0 Å². The molecule has 1 aliphatic carbocycles. The molecule has 0 radical (unpaired) electrons. The zero-order chi connectivity index (χ0) is 30.6. The van der Waals surface area contributed by atoms with Crippen molar-refractivity contribution >= 4 is 44.1 Å². The van der Waals surface area contributed by atoms with Crippen molar-refractivity contribution in [3.63, 3.8) is 0 Å². The lowest BCUT2D eigenvalue weighted by Crippen LogP contribution is -2.37. The number of thiophene rings is 1. The van der Waals surface area contributed by atoms with Crippen molar-refractivity contribution in [1.82, 2.24) is 14.1 Å². The van der Waals surface area contributed by atoms with Crippen LogP contribution in [0.1, 0.15) is 92.0 Å². The third-order valence-electron chi connectivity index (χ3n) is 9.08. The maximum Gasteiger partial charge on any atom is 0.257 e. The molecule has 3 aliphatic rings. The zero-order valence-electron chi connectivity index (χ0n) is 25.5. The monoisotopic (exact) mass is 614 g/mol. The summed E-state index contributed by atoms with van der Waals surface area (Å²) in [5, 5.41) is 3.40. The Balaban J connectivity index is 1.39. The first kappa shape index (κ1) is 30.7. The van der Waals surface area contributed by atoms with Crippen molar-refractivity contribution in [2.45, 2.75) is 84.7 Å². The van der Waals surface area contributed by atoms with Gasteiger partial charge in [-0.25, -0.2) is 8.42 Å². The highest BCUT2D eigenvalue weighted by Gasteiger charge is 2.53. The fourth-order valence-corrected chi connectivity index (χ4v) is 10.5. The first-order valence-electron chi connectivity index (χ1n) is 14.8. The predicted octanol–water partition coefficient (Wildman–Crippen LogP) is 4.98. The van der Waals surface area contributed by atoms with Crippen molar-refractivity contribution in [3.05, 3.63) is 45.8 Å². The second-order valence-electron chi connectivity index (χ2n) is 13.1. The highest BCUT2D eigenvalue weighted by atomic mass is 32.2. The minimum atomic E-state index is -3.71. The van der Waals surface area contributed by atoms with Crippen molar-refractivity contribution in [2.24, 2.45) is 10.8 Å². The van der Waals surface area contributed by atoms with Crippen LogP contribution in [0, 0.1) is 10.8 Å². The van der Waals surface area contributed by atoms with Gasteiger partial charge < -0.3 is 15.1 Å². The SMILES string of the molecule is CCN(CC)C(=O)c1c(NC(=O)c2ccc(S(=O)(=O)N3CC4(C)CC3CC(C)(C)C4)cc2)sc2c1CCN(C(C)=O)C2. The number of nitrogens with zero attached hydrogens (tertiary/aromatic N) is 3. The maximum atomic E-state index is 13.7. The molecule has 5 rings (SSSR count). The van der Waals surface area contributed by atoms with E-state index < -0.39 is 15.9 Å². The molecular weight excluding hydrogens is 572 g/mol. The van der Waals surface area contributed by atoms with Crippen LogP contribution in [0.2, 0.25) is 0 Å². The van der Waals surface area contributed by atoms with Crippen molar-refractivity contribution < 1.29 is 22.8 Å². The summed E-state index contributed by atoms with van der Waals surface area (Å²) in [5.74, 6) is -0.583. The quantitative estimate of drug-likeness (QED) is 0.474. The van der Waals surface area contributed by atoms with Crippen LogP contribution in [-0.2, 0) is 27.8 Å². The van der Waals surface area contributed by atoms with E-state index in [9.17, 15) is 22.8 Å². The van der Waals surface area contributed by atoms with E-state index in [2.05, 4.69) is 26.1 Å². The van der Waals surface area contributed by atoms with E-state index in [1.807, 2.05) is 13.8 Å². The summed E-state index contributed by atoms with van der Waals surface area (Å²) in [5.41, 5.74) is 1.76. The lowest BCUT2D eigenvalue weighted by molar-refractivity contribution is -0.129. The van der Waals surface area contributed by atoms with Crippen LogP contribution in [0.3, 0.4) is 0 Å². The smallest absolute Gasteiger partial charge is 0.257 e. The number of hydrogen-bond acceptors (Lipinski definition) is 6. The highest BCUT2D eigenvalue weighted by Crippen LogP contribution is 2.53. The summed E-state index contributed by atoms with van der Waals surface area (Å²) >= 11 is 1.33. The first-order chi connectivity index (χ1) is 19.7. The van der Waals surface area contributed by atoms with E-state index in [0.29, 0.717) is 55.3 Å². The van der Waals surface area contributed by atoms with Crippen molar-refractivity contribution in [2.75, 3.05) is 31.5 Å². The van der Waals surface area contributed by atoms with E-state index in [1.54, 1.807) is 14.1 Å². The summed E-state index contributed by atoms with van der Waals surface area (Å²) in [6.07, 6.45) is 3.26. The number of sulfonamides is 1. The Morgan fingerprint density at radius 1 is 1.07 bits per heavy atom. The molecule has 9 nitrogen and oxygen atoms in total. The molecular formula is C31H42N4O5S2. The van der Waals surface area contributed by atoms with Crippen LogP contribution in [0.15, 0.2) is 29.2 Å². The zero-order valence-corrected chi connectivity index (χ0v) is 27.1. The molecule has 3 amide bonds. The molecule has 2 fully saturated rings. The number of amides is 3. The van der Waals surface area contributed by atoms with Gasteiger partial charge in [-0.2, -0.15) is 4.31 Å². The Morgan fingerprint density at radius 3 is 2.36 bits per heavy atom. The predicted molar refractivity (Wildman–Crippen MR) is 164 cm³/mol. The second-order valence-corrected chi connectivity index (χ2v) is 16.1. The second kappa shape index (κ2) is 11.1. The molecule has 228 valence electrons. The van der Waals surface area contributed by atoms with Gasteiger partial charge in [-0.05, 0) is 80.2 Å². The summed E-state index contributed by atoms with van der Waals surface area (Å²) in [6.45, 7) is 14.5. The normalized spacial score (nSPS) is 23.4. The standard InChI is InChI=1S/C31H42N4O5S2/c1-7-33(8-2)29(38)26-24-13-14-34(20(3)36)17-25(24)41-28(26)32-27(37)21-9-11-23(12-10-21)42(39,40)35-19-31(6)16-22(35)15-30(4,5)18-31/h9-12,22H,7-8,13-19H2,1-6H3,(H,32,37). The number of fused-ring (bicyclic) bond motifs is 3. The molecule has 42 heavy (non-hydrogen) atoms. The average molecular weight is 615 g/mol. The molecule has 0 spiro atoms. The van der Waals surface area contributed by atoms with Crippen LogP contribution < -0.4 is 5.32 Å². The van der Waals surface area contributed by atoms with Gasteiger partial charge in [0.05, 0.1) is 17.0 Å². The molecule has 2 aromatic rings. The van der Waals surface area contributed by atoms with E-state index in [-0.39, 0.29) is 33.6 Å². The average Bonchev–Trinajstić information content (AvgIpc) is 3.41. The molecule has 2 aliphatic heterocycles. The molecule has 1 N–H and O–H groups in total. The van der Waals surface area contributed by atoms with Gasteiger partial charge in [0.15, 0.2) is 0 Å². The lowest BCUT2D eigenvalue weighted by atomic mass is 9.65. The van der Waals surface area contributed by atoms with Crippen LogP contribution in [0.25, 0.3) is 0 Å². The molecule has 2 bridgehead atoms. The summed E-state index contributed by atoms with van der Waals surface area (Å²) in [4.78, 5) is 43.5. The van der Waals surface area contributed by atoms with Gasteiger partial charge in [0, 0.05) is 49.6 Å². The number of carbonyl (C=O) groups is 3. The van der Waals surface area contributed by atoms with E-state index in [0.717, 1.165) is 29.7 Å². The molecule has 1 saturated carbocycles. The Bertz CT molecular complexity index is 1510. The topological polar surface area (TPSA) is 107 Å². The molecule has 1 aromatic carbocycles. The largest absolute Gasteiger partial charge is 0.339 e. The Morgan fingerprint density at radius 2 is 1.74 bits per heavy atom. The van der Waals surface area contributed by atoms with Gasteiger partial charge in [-0.15, -0.1) is 11.3 Å². The van der Waals surface area contributed by atoms with E-state index in [4.69, 9.17) is 0 Å². The lowest BCUT2D eigenvalue weighted by Gasteiger charge is -2.39. The molecule has 2 unspecified atom stereocenters.